The van der Waals surface area contributed by atoms with E-state index in [2.05, 4.69) is 6.92 Å². The van der Waals surface area contributed by atoms with Gasteiger partial charge in [0.1, 0.15) is 0 Å². The fourth-order valence-electron chi connectivity index (χ4n) is 4.90. The molecule has 8 N–H and O–H groups in total. The summed E-state index contributed by atoms with van der Waals surface area (Å²) in [7, 11) is -4.79. The van der Waals surface area contributed by atoms with Gasteiger partial charge >= 0.3 is 11.9 Å². The molecule has 0 fully saturated rings. The summed E-state index contributed by atoms with van der Waals surface area (Å²) >= 11 is 0. The van der Waals surface area contributed by atoms with Crippen LogP contribution >= 0.6 is 0 Å². The van der Waals surface area contributed by atoms with Crippen LogP contribution in [0.1, 0.15) is 116 Å². The zero-order valence-electron chi connectivity index (χ0n) is 30.7. The molecule has 0 aliphatic heterocycles. The predicted molar refractivity (Wildman–Crippen MR) is 193 cm³/mol. The van der Waals surface area contributed by atoms with Gasteiger partial charge in [-0.25, -0.2) is 0 Å². The number of aliphatic hydroxyl groups excluding tert-OH is 6. The number of carbonyl (C=O) groups is 2. The molecule has 50 heavy (non-hydrogen) atoms. The Balaban J connectivity index is -0.000000893. The molecule has 0 radical (unpaired) electrons. The number of hydrogen-bond donors (Lipinski definition) is 8. The Labute approximate surface area is 301 Å². The number of carboxylic acids is 1. The Hall–Kier alpha value is -1.47. The normalized spacial score (nSPS) is 11.9. The van der Waals surface area contributed by atoms with Crippen LogP contribution in [0, 0.1) is 0 Å². The summed E-state index contributed by atoms with van der Waals surface area (Å²) in [5.41, 5.74) is 0. The quantitative estimate of drug-likeness (QED) is 0.0272. The maximum absolute atomic E-state index is 11.7. The number of rotatable bonds is 33. The molecule has 0 aromatic rings. The molecule has 0 spiro atoms. The van der Waals surface area contributed by atoms with Crippen LogP contribution in [0.3, 0.4) is 0 Å². The largest absolute Gasteiger partial charge is 0.481 e. The number of ether oxygens (including phenoxy) is 1. The van der Waals surface area contributed by atoms with E-state index in [0.29, 0.717) is 45.7 Å². The molecule has 0 aliphatic rings. The van der Waals surface area contributed by atoms with Crippen molar-refractivity contribution in [3.8, 4) is 0 Å². The van der Waals surface area contributed by atoms with Gasteiger partial charge in [0, 0.05) is 39.3 Å². The maximum atomic E-state index is 11.7. The minimum atomic E-state index is -4.79. The number of unbranched alkanes of at least 4 members (excludes halogenated alkanes) is 15. The molecular formula is C34H72N2O13S. The first kappa shape index (κ1) is 52.9. The number of aliphatic carboxylic acids is 1. The Morgan fingerprint density at radius 1 is 0.540 bits per heavy atom. The topological polar surface area (TPSA) is 246 Å². The lowest BCUT2D eigenvalue weighted by molar-refractivity contribution is -0.147. The molecule has 0 aromatic heterocycles. The van der Waals surface area contributed by atoms with Gasteiger partial charge in [-0.1, -0.05) is 103 Å². The van der Waals surface area contributed by atoms with E-state index in [0.717, 1.165) is 19.3 Å². The highest BCUT2D eigenvalue weighted by Gasteiger charge is 2.34. The van der Waals surface area contributed by atoms with Gasteiger partial charge in [0.05, 0.1) is 52.7 Å². The van der Waals surface area contributed by atoms with Crippen LogP contribution in [0.5, 0.6) is 0 Å². The van der Waals surface area contributed by atoms with Crippen molar-refractivity contribution in [3.05, 3.63) is 0 Å². The summed E-state index contributed by atoms with van der Waals surface area (Å²) in [6.07, 6.45) is 18.5. The molecular weight excluding hydrogens is 676 g/mol. The van der Waals surface area contributed by atoms with Crippen LogP contribution in [0.15, 0.2) is 0 Å². The predicted octanol–water partition coefficient (Wildman–Crippen LogP) is 2.05. The van der Waals surface area contributed by atoms with Crippen molar-refractivity contribution in [2.45, 2.75) is 121 Å². The van der Waals surface area contributed by atoms with Crippen molar-refractivity contribution in [2.24, 2.45) is 0 Å². The van der Waals surface area contributed by atoms with Gasteiger partial charge in [0.15, 0.2) is 5.25 Å². The lowest BCUT2D eigenvalue weighted by Crippen LogP contribution is -2.34. The van der Waals surface area contributed by atoms with Crippen LogP contribution < -0.4 is 0 Å². The van der Waals surface area contributed by atoms with Crippen molar-refractivity contribution in [2.75, 3.05) is 85.5 Å². The zero-order chi connectivity index (χ0) is 38.3. The highest BCUT2D eigenvalue weighted by molar-refractivity contribution is 7.87. The van der Waals surface area contributed by atoms with Crippen molar-refractivity contribution < 1.29 is 63.0 Å². The van der Waals surface area contributed by atoms with E-state index < -0.39 is 33.7 Å². The van der Waals surface area contributed by atoms with Crippen LogP contribution in [0.4, 0.5) is 0 Å². The monoisotopic (exact) mass is 748 g/mol. The summed E-state index contributed by atoms with van der Waals surface area (Å²) < 4.78 is 35.9. The van der Waals surface area contributed by atoms with Crippen LogP contribution in [-0.4, -0.2) is 161 Å². The average Bonchev–Trinajstić information content (AvgIpc) is 3.06. The Bertz CT molecular complexity index is 791. The molecule has 0 bridgehead atoms. The van der Waals surface area contributed by atoms with Crippen LogP contribution in [0.25, 0.3) is 0 Å². The average molecular weight is 749 g/mol. The standard InChI is InChI=1S/C22H42O7S.2C6H15NO3/c1-2-3-4-5-6-7-8-9-10-11-12-13-14-15-16-17-18-29-22(25)20(19-21(23)24)30(26,27)28;2*8-4-1-7(2-5-9)3-6-10/h20H,2-19H2,1H3,(H,23,24)(H,26,27,28);2*8-10H,1-6H2. The first-order chi connectivity index (χ1) is 24.0. The summed E-state index contributed by atoms with van der Waals surface area (Å²) in [6, 6.07) is 0. The second kappa shape index (κ2) is 40.3. The third kappa shape index (κ3) is 39.3. The SMILES string of the molecule is CCCCCCCCCCCCCCCCCCOC(=O)C(CC(=O)O)S(=O)(=O)O.OCCN(CCO)CCO.OCCN(CCO)CCO. The highest BCUT2D eigenvalue weighted by atomic mass is 32.2. The molecule has 16 heteroatoms. The second-order valence-electron chi connectivity index (χ2n) is 12.1. The minimum absolute atomic E-state index is 0.0307. The van der Waals surface area contributed by atoms with Gasteiger partial charge in [-0.3, -0.25) is 23.9 Å². The minimum Gasteiger partial charge on any atom is -0.481 e. The summed E-state index contributed by atoms with van der Waals surface area (Å²) in [5.74, 6) is -2.70. The third-order valence-electron chi connectivity index (χ3n) is 7.72. The van der Waals surface area contributed by atoms with E-state index in [9.17, 15) is 18.0 Å². The van der Waals surface area contributed by atoms with Gasteiger partial charge in [-0.05, 0) is 6.42 Å². The van der Waals surface area contributed by atoms with Gasteiger partial charge < -0.3 is 40.5 Å². The number of aliphatic hydroxyl groups is 6. The van der Waals surface area contributed by atoms with E-state index in [4.69, 9.17) is 45.0 Å². The summed E-state index contributed by atoms with van der Waals surface area (Å²) in [4.78, 5) is 25.9. The molecule has 0 saturated carbocycles. The molecule has 0 aliphatic carbocycles. The van der Waals surface area contributed by atoms with Crippen molar-refractivity contribution in [3.63, 3.8) is 0 Å². The molecule has 0 rings (SSSR count). The fourth-order valence-corrected chi connectivity index (χ4v) is 5.57. The number of esters is 1. The molecule has 15 nitrogen and oxygen atoms in total. The summed E-state index contributed by atoms with van der Waals surface area (Å²) in [6.45, 7) is 5.78. The lowest BCUT2D eigenvalue weighted by Gasteiger charge is -2.17. The molecule has 0 amide bonds. The fraction of sp³-hybridized carbons (Fsp3) is 0.941. The van der Waals surface area contributed by atoms with Gasteiger partial charge in [0.25, 0.3) is 10.1 Å². The number of hydrogen-bond acceptors (Lipinski definition) is 13. The summed E-state index contributed by atoms with van der Waals surface area (Å²) in [5, 5.41) is 57.5. The zero-order valence-corrected chi connectivity index (χ0v) is 31.5. The second-order valence-corrected chi connectivity index (χ2v) is 13.7. The van der Waals surface area contributed by atoms with Crippen molar-refractivity contribution in [1.29, 1.82) is 0 Å². The Morgan fingerprint density at radius 3 is 1.06 bits per heavy atom. The van der Waals surface area contributed by atoms with Gasteiger partial charge in [-0.15, -0.1) is 0 Å². The number of nitrogens with zero attached hydrogens (tertiary/aromatic N) is 2. The molecule has 1 unspecified atom stereocenters. The number of carboxylic acid groups (broad SMARTS) is 1. The van der Waals surface area contributed by atoms with Crippen LogP contribution in [0.2, 0.25) is 0 Å². The molecule has 302 valence electrons. The van der Waals surface area contributed by atoms with Crippen molar-refractivity contribution in [1.82, 2.24) is 9.80 Å². The van der Waals surface area contributed by atoms with Crippen LogP contribution in [-0.2, 0) is 24.4 Å². The molecule has 0 aromatic carbocycles. The van der Waals surface area contributed by atoms with E-state index in [1.807, 2.05) is 0 Å². The Kier molecular flexibility index (Phi) is 42.6. The molecule has 0 saturated heterocycles. The Morgan fingerprint density at radius 2 is 0.820 bits per heavy atom. The van der Waals surface area contributed by atoms with Gasteiger partial charge in [0.2, 0.25) is 0 Å². The van der Waals surface area contributed by atoms with Crippen molar-refractivity contribution >= 4 is 22.1 Å². The lowest BCUT2D eigenvalue weighted by atomic mass is 10.0. The highest BCUT2D eigenvalue weighted by Crippen LogP contribution is 2.14. The van der Waals surface area contributed by atoms with E-state index >= 15 is 0 Å². The maximum Gasteiger partial charge on any atom is 0.327 e. The molecule has 0 heterocycles. The van der Waals surface area contributed by atoms with E-state index in [1.165, 1.54) is 77.0 Å². The smallest absolute Gasteiger partial charge is 0.327 e. The third-order valence-corrected chi connectivity index (χ3v) is 8.80. The van der Waals surface area contributed by atoms with Gasteiger partial charge in [-0.2, -0.15) is 8.42 Å². The first-order valence-corrected chi connectivity index (χ1v) is 19.9. The van der Waals surface area contributed by atoms with E-state index in [-0.39, 0.29) is 46.2 Å². The number of carbonyl (C=O) groups excluding carboxylic acids is 1. The molecule has 1 atom stereocenters. The van der Waals surface area contributed by atoms with E-state index in [1.54, 1.807) is 9.80 Å². The first-order valence-electron chi connectivity index (χ1n) is 18.4.